The van der Waals surface area contributed by atoms with Crippen molar-refractivity contribution in [2.45, 2.75) is 33.1 Å². The normalized spacial score (nSPS) is 18.8. The van der Waals surface area contributed by atoms with Crippen molar-refractivity contribution in [2.24, 2.45) is 5.92 Å². The Hall–Kier alpha value is -1.42. The standard InChI is InChI=1S/C16H25N3O/c1-3-9-19(12-14-5-4-7-17-11-14)16(20)15-6-8-18-13(2)10-15/h6,8,10,14,17H,3-5,7,9,11-12H2,1-2H3. The van der Waals surface area contributed by atoms with Crippen LogP contribution in [0.3, 0.4) is 0 Å². The second kappa shape index (κ2) is 7.39. The van der Waals surface area contributed by atoms with Gasteiger partial charge >= 0.3 is 0 Å². The highest BCUT2D eigenvalue weighted by Crippen LogP contribution is 2.14. The lowest BCUT2D eigenvalue weighted by atomic mass is 9.98. The van der Waals surface area contributed by atoms with Crippen molar-refractivity contribution in [3.05, 3.63) is 29.6 Å². The predicted molar refractivity (Wildman–Crippen MR) is 80.8 cm³/mol. The molecule has 1 amide bonds. The van der Waals surface area contributed by atoms with Crippen molar-refractivity contribution in [2.75, 3.05) is 26.2 Å². The van der Waals surface area contributed by atoms with Gasteiger partial charge in [0.2, 0.25) is 0 Å². The smallest absolute Gasteiger partial charge is 0.253 e. The number of pyridine rings is 1. The molecular weight excluding hydrogens is 250 g/mol. The Kier molecular flexibility index (Phi) is 5.53. The molecule has 1 fully saturated rings. The molecule has 2 heterocycles. The van der Waals surface area contributed by atoms with Crippen LogP contribution in [0.15, 0.2) is 18.3 Å². The number of piperidine rings is 1. The van der Waals surface area contributed by atoms with Crippen LogP contribution >= 0.6 is 0 Å². The topological polar surface area (TPSA) is 45.2 Å². The summed E-state index contributed by atoms with van der Waals surface area (Å²) in [6.07, 6.45) is 5.15. The molecule has 1 aliphatic rings. The molecule has 1 atom stereocenters. The van der Waals surface area contributed by atoms with Crippen LogP contribution in [0.4, 0.5) is 0 Å². The van der Waals surface area contributed by atoms with Gasteiger partial charge in [0.05, 0.1) is 0 Å². The van der Waals surface area contributed by atoms with Gasteiger partial charge in [-0.15, -0.1) is 0 Å². The zero-order valence-electron chi connectivity index (χ0n) is 12.6. The maximum Gasteiger partial charge on any atom is 0.253 e. The average Bonchev–Trinajstić information content (AvgIpc) is 2.47. The van der Waals surface area contributed by atoms with E-state index in [0.29, 0.717) is 5.92 Å². The largest absolute Gasteiger partial charge is 0.338 e. The van der Waals surface area contributed by atoms with Crippen LogP contribution in [0.25, 0.3) is 0 Å². The molecule has 0 spiro atoms. The summed E-state index contributed by atoms with van der Waals surface area (Å²) in [6.45, 7) is 7.88. The number of nitrogens with one attached hydrogen (secondary N) is 1. The van der Waals surface area contributed by atoms with Crippen molar-refractivity contribution in [3.63, 3.8) is 0 Å². The first-order valence-electron chi connectivity index (χ1n) is 7.63. The Morgan fingerprint density at radius 3 is 3.05 bits per heavy atom. The summed E-state index contributed by atoms with van der Waals surface area (Å²) in [5.74, 6) is 0.727. The Balaban J connectivity index is 2.04. The van der Waals surface area contributed by atoms with Gasteiger partial charge < -0.3 is 10.2 Å². The second-order valence-corrected chi connectivity index (χ2v) is 5.65. The highest BCUT2D eigenvalue weighted by atomic mass is 16.2. The number of aromatic nitrogens is 1. The summed E-state index contributed by atoms with van der Waals surface area (Å²) >= 11 is 0. The maximum absolute atomic E-state index is 12.6. The summed E-state index contributed by atoms with van der Waals surface area (Å²) in [6, 6.07) is 3.70. The molecule has 1 aromatic heterocycles. The summed E-state index contributed by atoms with van der Waals surface area (Å²) in [5.41, 5.74) is 1.65. The molecule has 1 aromatic rings. The Bertz CT molecular complexity index is 441. The molecule has 0 saturated carbocycles. The SMILES string of the molecule is CCCN(CC1CCCNC1)C(=O)c1ccnc(C)c1. The molecule has 4 nitrogen and oxygen atoms in total. The van der Waals surface area contributed by atoms with E-state index in [-0.39, 0.29) is 5.91 Å². The van der Waals surface area contributed by atoms with E-state index in [2.05, 4.69) is 17.2 Å². The third-order valence-electron chi connectivity index (χ3n) is 3.80. The number of aryl methyl sites for hydroxylation is 1. The molecule has 1 N–H and O–H groups in total. The second-order valence-electron chi connectivity index (χ2n) is 5.65. The number of carbonyl (C=O) groups excluding carboxylic acids is 1. The van der Waals surface area contributed by atoms with Gasteiger partial charge in [0.25, 0.3) is 5.91 Å². The van der Waals surface area contributed by atoms with E-state index in [1.165, 1.54) is 12.8 Å². The molecule has 1 aliphatic heterocycles. The molecular formula is C16H25N3O. The van der Waals surface area contributed by atoms with E-state index >= 15 is 0 Å². The molecule has 0 aromatic carbocycles. The van der Waals surface area contributed by atoms with Crippen molar-refractivity contribution in [1.29, 1.82) is 0 Å². The van der Waals surface area contributed by atoms with Crippen molar-refractivity contribution < 1.29 is 4.79 Å². The van der Waals surface area contributed by atoms with Gasteiger partial charge in [-0.2, -0.15) is 0 Å². The molecule has 0 aliphatic carbocycles. The quantitative estimate of drug-likeness (QED) is 0.896. The van der Waals surface area contributed by atoms with Gasteiger partial charge in [0.15, 0.2) is 0 Å². The first kappa shape index (κ1) is 15.0. The van der Waals surface area contributed by atoms with Crippen LogP contribution in [0.5, 0.6) is 0 Å². The summed E-state index contributed by atoms with van der Waals surface area (Å²) in [5, 5.41) is 3.42. The molecule has 1 unspecified atom stereocenters. The van der Waals surface area contributed by atoms with Crippen molar-refractivity contribution >= 4 is 5.91 Å². The van der Waals surface area contributed by atoms with Crippen LogP contribution in [0.2, 0.25) is 0 Å². The molecule has 1 saturated heterocycles. The lowest BCUT2D eigenvalue weighted by molar-refractivity contribution is 0.0718. The molecule has 4 heteroatoms. The fraction of sp³-hybridized carbons (Fsp3) is 0.625. The van der Waals surface area contributed by atoms with E-state index in [4.69, 9.17) is 0 Å². The van der Waals surface area contributed by atoms with E-state index in [1.807, 2.05) is 24.0 Å². The summed E-state index contributed by atoms with van der Waals surface area (Å²) < 4.78 is 0. The number of nitrogens with zero attached hydrogens (tertiary/aromatic N) is 2. The lowest BCUT2D eigenvalue weighted by Crippen LogP contribution is -2.41. The van der Waals surface area contributed by atoms with Crippen LogP contribution in [0, 0.1) is 12.8 Å². The number of hydrogen-bond acceptors (Lipinski definition) is 3. The van der Waals surface area contributed by atoms with Crippen LogP contribution in [0.1, 0.15) is 42.2 Å². The minimum Gasteiger partial charge on any atom is -0.338 e. The monoisotopic (exact) mass is 275 g/mol. The lowest BCUT2D eigenvalue weighted by Gasteiger charge is -2.30. The number of carbonyl (C=O) groups is 1. The number of rotatable bonds is 5. The van der Waals surface area contributed by atoms with Gasteiger partial charge in [0.1, 0.15) is 0 Å². The zero-order chi connectivity index (χ0) is 14.4. The summed E-state index contributed by atoms with van der Waals surface area (Å²) in [4.78, 5) is 18.8. The van der Waals surface area contributed by atoms with Gasteiger partial charge in [-0.25, -0.2) is 0 Å². The van der Waals surface area contributed by atoms with E-state index in [0.717, 1.165) is 43.9 Å². The molecule has 20 heavy (non-hydrogen) atoms. The third-order valence-corrected chi connectivity index (χ3v) is 3.80. The molecule has 110 valence electrons. The fourth-order valence-corrected chi connectivity index (χ4v) is 2.80. The van der Waals surface area contributed by atoms with Crippen LogP contribution < -0.4 is 5.32 Å². The van der Waals surface area contributed by atoms with Gasteiger partial charge in [0, 0.05) is 30.5 Å². The maximum atomic E-state index is 12.6. The first-order valence-corrected chi connectivity index (χ1v) is 7.63. The Morgan fingerprint density at radius 1 is 1.55 bits per heavy atom. The van der Waals surface area contributed by atoms with Crippen LogP contribution in [-0.4, -0.2) is 42.0 Å². The van der Waals surface area contributed by atoms with E-state index in [1.54, 1.807) is 6.20 Å². The van der Waals surface area contributed by atoms with E-state index in [9.17, 15) is 4.79 Å². The van der Waals surface area contributed by atoms with Gasteiger partial charge in [-0.05, 0) is 57.3 Å². The van der Waals surface area contributed by atoms with Gasteiger partial charge in [-0.3, -0.25) is 9.78 Å². The average molecular weight is 275 g/mol. The van der Waals surface area contributed by atoms with Crippen molar-refractivity contribution in [1.82, 2.24) is 15.2 Å². The Labute approximate surface area is 121 Å². The first-order chi connectivity index (χ1) is 9.70. The fourth-order valence-electron chi connectivity index (χ4n) is 2.80. The van der Waals surface area contributed by atoms with Gasteiger partial charge in [-0.1, -0.05) is 6.92 Å². The molecule has 0 radical (unpaired) electrons. The Morgan fingerprint density at radius 2 is 2.40 bits per heavy atom. The molecule has 0 bridgehead atoms. The molecule has 2 rings (SSSR count). The number of amides is 1. The number of hydrogen-bond donors (Lipinski definition) is 1. The zero-order valence-corrected chi connectivity index (χ0v) is 12.6. The van der Waals surface area contributed by atoms with Crippen molar-refractivity contribution in [3.8, 4) is 0 Å². The highest BCUT2D eigenvalue weighted by Gasteiger charge is 2.21. The highest BCUT2D eigenvalue weighted by molar-refractivity contribution is 5.94. The van der Waals surface area contributed by atoms with E-state index < -0.39 is 0 Å². The minimum absolute atomic E-state index is 0.142. The summed E-state index contributed by atoms with van der Waals surface area (Å²) in [7, 11) is 0. The minimum atomic E-state index is 0.142. The van der Waals surface area contributed by atoms with Crippen LogP contribution in [-0.2, 0) is 0 Å². The predicted octanol–water partition coefficient (Wildman–Crippen LogP) is 2.24. The third kappa shape index (κ3) is 4.04.